The van der Waals surface area contributed by atoms with Crippen molar-refractivity contribution in [2.75, 3.05) is 30.0 Å². The normalized spacial score (nSPS) is 16.9. The molecule has 10 heteroatoms. The van der Waals surface area contributed by atoms with Crippen LogP contribution in [0.5, 0.6) is 0 Å². The summed E-state index contributed by atoms with van der Waals surface area (Å²) in [7, 11) is -3.32. The summed E-state index contributed by atoms with van der Waals surface area (Å²) in [5, 5.41) is 5.56. The smallest absolute Gasteiger partial charge is 0.321 e. The average Bonchev–Trinajstić information content (AvgIpc) is 2.68. The monoisotopic (exact) mass is 417 g/mol. The van der Waals surface area contributed by atoms with E-state index in [4.69, 9.17) is 0 Å². The molecule has 1 unspecified atom stereocenters. The van der Waals surface area contributed by atoms with Crippen LogP contribution < -0.4 is 15.4 Å². The van der Waals surface area contributed by atoms with Gasteiger partial charge in [-0.05, 0) is 43.2 Å². The highest BCUT2D eigenvalue weighted by molar-refractivity contribution is 7.88. The van der Waals surface area contributed by atoms with E-state index in [2.05, 4.69) is 20.3 Å². The number of hydrogen-bond donors (Lipinski definition) is 3. The Morgan fingerprint density at radius 3 is 2.59 bits per heavy atom. The predicted molar refractivity (Wildman–Crippen MR) is 110 cm³/mol. The Labute approximate surface area is 169 Å². The van der Waals surface area contributed by atoms with Gasteiger partial charge in [-0.2, -0.15) is 0 Å². The van der Waals surface area contributed by atoms with Crippen LogP contribution >= 0.6 is 0 Å². The van der Waals surface area contributed by atoms with Gasteiger partial charge >= 0.3 is 6.03 Å². The van der Waals surface area contributed by atoms with Gasteiger partial charge in [-0.25, -0.2) is 17.9 Å². The van der Waals surface area contributed by atoms with E-state index in [1.165, 1.54) is 6.20 Å². The van der Waals surface area contributed by atoms with Crippen molar-refractivity contribution in [1.82, 2.24) is 14.6 Å². The molecule has 1 fully saturated rings. The number of nitrogens with one attached hydrogen (secondary N) is 3. The molecule has 1 aromatic carbocycles. The molecule has 0 saturated carbocycles. The summed E-state index contributed by atoms with van der Waals surface area (Å²) in [6, 6.07) is 9.53. The molecule has 9 nitrogen and oxygen atoms in total. The topological polar surface area (TPSA) is 121 Å². The van der Waals surface area contributed by atoms with E-state index >= 15 is 0 Å². The van der Waals surface area contributed by atoms with Crippen molar-refractivity contribution in [2.45, 2.75) is 18.9 Å². The first-order valence-electron chi connectivity index (χ1n) is 9.15. The Balaban J connectivity index is 1.61. The molecule has 154 valence electrons. The molecule has 1 atom stereocenters. The third kappa shape index (κ3) is 6.26. The number of sulfonamides is 1. The van der Waals surface area contributed by atoms with Crippen LogP contribution in [0.2, 0.25) is 0 Å². The first kappa shape index (κ1) is 20.7. The van der Waals surface area contributed by atoms with Gasteiger partial charge in [0.15, 0.2) is 0 Å². The summed E-state index contributed by atoms with van der Waals surface area (Å²) in [4.78, 5) is 30.3. The standard InChI is InChI=1S/C19H23N5O4S/c1-29(27,28)23-17-8-4-10-24(13-17)19(26)22-16-7-2-6-15(11-16)21-18(25)14-5-3-9-20-12-14/h2-3,5-7,9,11-12,17,23H,4,8,10,13H2,1H3,(H,21,25)(H,22,26). The predicted octanol–water partition coefficient (Wildman–Crippen LogP) is 1.88. The lowest BCUT2D eigenvalue weighted by molar-refractivity contribution is 0.102. The SMILES string of the molecule is CS(=O)(=O)NC1CCCN(C(=O)Nc2cccc(NC(=O)c3cccnc3)c2)C1. The van der Waals surface area contributed by atoms with Crippen LogP contribution in [-0.4, -0.2) is 55.6 Å². The van der Waals surface area contributed by atoms with Crippen molar-refractivity contribution in [3.05, 3.63) is 54.4 Å². The van der Waals surface area contributed by atoms with Gasteiger partial charge in [0.2, 0.25) is 10.0 Å². The van der Waals surface area contributed by atoms with E-state index in [0.717, 1.165) is 6.26 Å². The van der Waals surface area contributed by atoms with Gasteiger partial charge in [0.1, 0.15) is 0 Å². The first-order chi connectivity index (χ1) is 13.8. The molecule has 2 aromatic rings. The van der Waals surface area contributed by atoms with Gasteiger partial charge < -0.3 is 15.5 Å². The average molecular weight is 417 g/mol. The van der Waals surface area contributed by atoms with Crippen molar-refractivity contribution in [3.63, 3.8) is 0 Å². The number of rotatable bonds is 5. The number of carbonyl (C=O) groups is 2. The van der Waals surface area contributed by atoms with Crippen LogP contribution in [0.3, 0.4) is 0 Å². The summed E-state index contributed by atoms with van der Waals surface area (Å²) < 4.78 is 25.4. The maximum atomic E-state index is 12.6. The number of amides is 3. The number of pyridine rings is 1. The van der Waals surface area contributed by atoms with Gasteiger partial charge in [0.05, 0.1) is 11.8 Å². The molecule has 1 aliphatic rings. The highest BCUT2D eigenvalue weighted by Crippen LogP contribution is 2.18. The van der Waals surface area contributed by atoms with Crippen LogP contribution in [0.4, 0.5) is 16.2 Å². The van der Waals surface area contributed by atoms with Crippen LogP contribution in [0, 0.1) is 0 Å². The number of carbonyl (C=O) groups excluding carboxylic acids is 2. The van der Waals surface area contributed by atoms with Crippen molar-refractivity contribution in [3.8, 4) is 0 Å². The lowest BCUT2D eigenvalue weighted by atomic mass is 10.1. The Bertz CT molecular complexity index is 981. The third-order valence-corrected chi connectivity index (χ3v) is 5.15. The first-order valence-corrected chi connectivity index (χ1v) is 11.0. The zero-order valence-electron chi connectivity index (χ0n) is 16.0. The second-order valence-corrected chi connectivity index (χ2v) is 8.66. The lowest BCUT2D eigenvalue weighted by Gasteiger charge is -2.32. The molecule has 0 aliphatic carbocycles. The highest BCUT2D eigenvalue weighted by Gasteiger charge is 2.25. The number of anilines is 2. The number of piperidine rings is 1. The number of aromatic nitrogens is 1. The molecule has 0 bridgehead atoms. The minimum Gasteiger partial charge on any atom is -0.323 e. The van der Waals surface area contributed by atoms with Crippen LogP contribution in [0.25, 0.3) is 0 Å². The molecule has 0 radical (unpaired) electrons. The van der Waals surface area contributed by atoms with Gasteiger partial charge in [0, 0.05) is 42.9 Å². The molecular formula is C19H23N5O4S. The molecule has 1 aliphatic heterocycles. The van der Waals surface area contributed by atoms with E-state index in [-0.39, 0.29) is 18.0 Å². The molecule has 3 rings (SSSR count). The lowest BCUT2D eigenvalue weighted by Crippen LogP contribution is -2.50. The Hall–Kier alpha value is -2.98. The minimum atomic E-state index is -3.32. The fourth-order valence-electron chi connectivity index (χ4n) is 3.14. The highest BCUT2D eigenvalue weighted by atomic mass is 32.2. The zero-order chi connectivity index (χ0) is 20.9. The molecule has 1 saturated heterocycles. The molecule has 2 heterocycles. The second-order valence-electron chi connectivity index (χ2n) is 6.88. The van der Waals surface area contributed by atoms with Crippen molar-refractivity contribution in [2.24, 2.45) is 0 Å². The fourth-order valence-corrected chi connectivity index (χ4v) is 3.94. The number of urea groups is 1. The second kappa shape index (κ2) is 9.01. The van der Waals surface area contributed by atoms with Crippen LogP contribution in [0.15, 0.2) is 48.8 Å². The number of likely N-dealkylation sites (tertiary alicyclic amines) is 1. The number of hydrogen-bond acceptors (Lipinski definition) is 5. The quantitative estimate of drug-likeness (QED) is 0.686. The third-order valence-electron chi connectivity index (χ3n) is 4.38. The van der Waals surface area contributed by atoms with Crippen molar-refractivity contribution < 1.29 is 18.0 Å². The van der Waals surface area contributed by atoms with Gasteiger partial charge in [0.25, 0.3) is 5.91 Å². The molecule has 3 amide bonds. The van der Waals surface area contributed by atoms with Gasteiger partial charge in [-0.1, -0.05) is 6.07 Å². The number of nitrogens with zero attached hydrogens (tertiary/aromatic N) is 2. The van der Waals surface area contributed by atoms with Crippen molar-refractivity contribution >= 4 is 33.3 Å². The van der Waals surface area contributed by atoms with E-state index < -0.39 is 10.0 Å². The largest absolute Gasteiger partial charge is 0.323 e. The summed E-state index contributed by atoms with van der Waals surface area (Å²) in [6.45, 7) is 0.849. The maximum absolute atomic E-state index is 12.6. The fraction of sp³-hybridized carbons (Fsp3) is 0.316. The Morgan fingerprint density at radius 2 is 1.90 bits per heavy atom. The van der Waals surface area contributed by atoms with E-state index in [9.17, 15) is 18.0 Å². The Morgan fingerprint density at radius 1 is 1.14 bits per heavy atom. The molecule has 1 aromatic heterocycles. The van der Waals surface area contributed by atoms with Gasteiger partial charge in [-0.3, -0.25) is 9.78 Å². The number of benzene rings is 1. The van der Waals surface area contributed by atoms with E-state index in [1.807, 2.05) is 0 Å². The van der Waals surface area contributed by atoms with Gasteiger partial charge in [-0.15, -0.1) is 0 Å². The van der Waals surface area contributed by atoms with E-state index in [1.54, 1.807) is 47.5 Å². The summed E-state index contributed by atoms with van der Waals surface area (Å²) in [5.74, 6) is -0.299. The molecule has 3 N–H and O–H groups in total. The molecule has 29 heavy (non-hydrogen) atoms. The summed E-state index contributed by atoms with van der Waals surface area (Å²) >= 11 is 0. The summed E-state index contributed by atoms with van der Waals surface area (Å²) in [6.07, 6.45) is 5.56. The van der Waals surface area contributed by atoms with Crippen molar-refractivity contribution in [1.29, 1.82) is 0 Å². The molecular weight excluding hydrogens is 394 g/mol. The van der Waals surface area contributed by atoms with Crippen LogP contribution in [-0.2, 0) is 10.0 Å². The zero-order valence-corrected chi connectivity index (χ0v) is 16.8. The molecule has 0 spiro atoms. The van der Waals surface area contributed by atoms with E-state index in [0.29, 0.717) is 42.9 Å². The minimum absolute atomic E-state index is 0.297. The Kier molecular flexibility index (Phi) is 6.45. The van der Waals surface area contributed by atoms with Crippen LogP contribution in [0.1, 0.15) is 23.2 Å². The summed E-state index contributed by atoms with van der Waals surface area (Å²) in [5.41, 5.74) is 1.49. The maximum Gasteiger partial charge on any atom is 0.321 e.